The van der Waals surface area contributed by atoms with Crippen LogP contribution >= 0.6 is 0 Å². The molecule has 5 heteroatoms. The summed E-state index contributed by atoms with van der Waals surface area (Å²) in [5.41, 5.74) is -0.422. The average molecular weight is 298 g/mol. The molecule has 122 valence electrons. The molecule has 3 atom stereocenters. The molecule has 0 radical (unpaired) electrons. The van der Waals surface area contributed by atoms with Crippen LogP contribution in [0.2, 0.25) is 0 Å². The van der Waals surface area contributed by atoms with E-state index in [2.05, 4.69) is 5.32 Å². The van der Waals surface area contributed by atoms with E-state index in [-0.39, 0.29) is 12.1 Å². The van der Waals surface area contributed by atoms with Crippen LogP contribution in [-0.2, 0) is 9.47 Å². The Bertz CT molecular complexity index is 354. The van der Waals surface area contributed by atoms with Gasteiger partial charge in [-0.2, -0.15) is 0 Å². The fourth-order valence-corrected chi connectivity index (χ4v) is 3.25. The van der Waals surface area contributed by atoms with Gasteiger partial charge in [-0.15, -0.1) is 0 Å². The monoisotopic (exact) mass is 298 g/mol. The number of carbonyl (C=O) groups excluding carboxylic acids is 1. The molecular weight excluding hydrogens is 268 g/mol. The van der Waals surface area contributed by atoms with Crippen LogP contribution in [0.1, 0.15) is 52.9 Å². The van der Waals surface area contributed by atoms with Crippen molar-refractivity contribution in [2.45, 2.75) is 76.7 Å². The van der Waals surface area contributed by atoms with Crippen molar-refractivity contribution < 1.29 is 14.3 Å². The molecular formula is C16H30N2O3. The molecule has 2 fully saturated rings. The third-order valence-electron chi connectivity index (χ3n) is 4.37. The van der Waals surface area contributed by atoms with Crippen LogP contribution in [0.3, 0.4) is 0 Å². The minimum Gasteiger partial charge on any atom is -0.444 e. The van der Waals surface area contributed by atoms with E-state index in [4.69, 9.17) is 9.47 Å². The highest BCUT2D eigenvalue weighted by molar-refractivity contribution is 5.69. The van der Waals surface area contributed by atoms with Gasteiger partial charge < -0.3 is 19.7 Å². The standard InChI is InChI=1S/C16H30N2O3/c1-16(2,3)21-15(19)18-9-5-6-13(18)11-17-12-7-8-14(10-12)20-4/h12-14,17H,5-11H2,1-4H3. The first-order valence-electron chi connectivity index (χ1n) is 8.15. The van der Waals surface area contributed by atoms with Crippen LogP contribution in [0.25, 0.3) is 0 Å². The number of hydrogen-bond acceptors (Lipinski definition) is 4. The summed E-state index contributed by atoms with van der Waals surface area (Å²) in [5, 5.41) is 3.61. The number of nitrogens with one attached hydrogen (secondary N) is 1. The summed E-state index contributed by atoms with van der Waals surface area (Å²) in [7, 11) is 1.79. The summed E-state index contributed by atoms with van der Waals surface area (Å²) in [6, 6.07) is 0.789. The zero-order valence-electron chi connectivity index (χ0n) is 13.9. The van der Waals surface area contributed by atoms with E-state index in [1.54, 1.807) is 7.11 Å². The van der Waals surface area contributed by atoms with Gasteiger partial charge in [-0.25, -0.2) is 4.79 Å². The number of ether oxygens (including phenoxy) is 2. The summed E-state index contributed by atoms with van der Waals surface area (Å²) in [5.74, 6) is 0. The Morgan fingerprint density at radius 1 is 1.29 bits per heavy atom. The Morgan fingerprint density at radius 3 is 2.67 bits per heavy atom. The van der Waals surface area contributed by atoms with Gasteiger partial charge in [0.05, 0.1) is 6.10 Å². The molecule has 1 heterocycles. The predicted octanol–water partition coefficient (Wildman–Crippen LogP) is 2.54. The molecule has 2 aliphatic rings. The summed E-state index contributed by atoms with van der Waals surface area (Å²) < 4.78 is 10.9. The number of amides is 1. The molecule has 5 nitrogen and oxygen atoms in total. The Labute approximate surface area is 128 Å². The quantitative estimate of drug-likeness (QED) is 0.866. The van der Waals surface area contributed by atoms with Crippen LogP contribution in [0.4, 0.5) is 4.79 Å². The molecule has 0 aromatic rings. The summed E-state index contributed by atoms with van der Waals surface area (Å²) in [4.78, 5) is 14.1. The zero-order valence-corrected chi connectivity index (χ0v) is 13.9. The summed E-state index contributed by atoms with van der Waals surface area (Å²) >= 11 is 0. The third kappa shape index (κ3) is 4.85. The molecule has 0 aromatic carbocycles. The molecule has 1 saturated carbocycles. The molecule has 21 heavy (non-hydrogen) atoms. The Kier molecular flexibility index (Phi) is 5.49. The van der Waals surface area contributed by atoms with E-state index in [1.165, 1.54) is 0 Å². The van der Waals surface area contributed by atoms with Gasteiger partial charge >= 0.3 is 6.09 Å². The van der Waals surface area contributed by atoms with Crippen molar-refractivity contribution in [3.05, 3.63) is 0 Å². The van der Waals surface area contributed by atoms with Crippen molar-refractivity contribution in [2.75, 3.05) is 20.2 Å². The number of carbonyl (C=O) groups is 1. The maximum Gasteiger partial charge on any atom is 0.410 e. The number of methoxy groups -OCH3 is 1. The highest BCUT2D eigenvalue weighted by atomic mass is 16.6. The van der Waals surface area contributed by atoms with Gasteiger partial charge in [0.2, 0.25) is 0 Å². The Morgan fingerprint density at radius 2 is 2.05 bits per heavy atom. The van der Waals surface area contributed by atoms with E-state index in [0.29, 0.717) is 12.1 Å². The Hall–Kier alpha value is -0.810. The predicted molar refractivity (Wildman–Crippen MR) is 82.4 cm³/mol. The second-order valence-electron chi connectivity index (χ2n) is 7.25. The normalized spacial score (nSPS) is 29.9. The van der Waals surface area contributed by atoms with Gasteiger partial charge in [-0.05, 0) is 52.9 Å². The smallest absolute Gasteiger partial charge is 0.410 e. The van der Waals surface area contributed by atoms with E-state index in [1.807, 2.05) is 25.7 Å². The number of hydrogen-bond donors (Lipinski definition) is 1. The first kappa shape index (κ1) is 16.6. The largest absolute Gasteiger partial charge is 0.444 e. The van der Waals surface area contributed by atoms with Gasteiger partial charge in [-0.1, -0.05) is 0 Å². The van der Waals surface area contributed by atoms with E-state index in [0.717, 1.165) is 45.2 Å². The maximum absolute atomic E-state index is 12.2. The van der Waals surface area contributed by atoms with Crippen LogP contribution < -0.4 is 5.32 Å². The van der Waals surface area contributed by atoms with Crippen molar-refractivity contribution in [2.24, 2.45) is 0 Å². The fraction of sp³-hybridized carbons (Fsp3) is 0.938. The fourth-order valence-electron chi connectivity index (χ4n) is 3.25. The van der Waals surface area contributed by atoms with E-state index in [9.17, 15) is 4.79 Å². The first-order valence-corrected chi connectivity index (χ1v) is 8.15. The van der Waals surface area contributed by atoms with Crippen molar-refractivity contribution >= 4 is 6.09 Å². The lowest BCUT2D eigenvalue weighted by molar-refractivity contribution is 0.0224. The van der Waals surface area contributed by atoms with Crippen molar-refractivity contribution in [1.29, 1.82) is 0 Å². The number of likely N-dealkylation sites (tertiary alicyclic amines) is 1. The van der Waals surface area contributed by atoms with Crippen LogP contribution in [0.15, 0.2) is 0 Å². The SMILES string of the molecule is COC1CCC(NCC2CCCN2C(=O)OC(C)(C)C)C1. The molecule has 2 rings (SSSR count). The minimum absolute atomic E-state index is 0.173. The van der Waals surface area contributed by atoms with E-state index >= 15 is 0 Å². The highest BCUT2D eigenvalue weighted by Gasteiger charge is 2.33. The molecule has 0 spiro atoms. The van der Waals surface area contributed by atoms with Gasteiger partial charge in [0.1, 0.15) is 5.60 Å². The topological polar surface area (TPSA) is 50.8 Å². The van der Waals surface area contributed by atoms with Crippen molar-refractivity contribution in [3.63, 3.8) is 0 Å². The van der Waals surface area contributed by atoms with Crippen molar-refractivity contribution in [3.8, 4) is 0 Å². The third-order valence-corrected chi connectivity index (χ3v) is 4.37. The lowest BCUT2D eigenvalue weighted by atomic mass is 10.2. The summed E-state index contributed by atoms with van der Waals surface area (Å²) in [6.45, 7) is 7.42. The van der Waals surface area contributed by atoms with Crippen molar-refractivity contribution in [1.82, 2.24) is 10.2 Å². The lowest BCUT2D eigenvalue weighted by Gasteiger charge is -2.29. The van der Waals surface area contributed by atoms with Gasteiger partial charge in [0, 0.05) is 32.3 Å². The molecule has 1 N–H and O–H groups in total. The maximum atomic E-state index is 12.2. The molecule has 0 bridgehead atoms. The molecule has 1 amide bonds. The van der Waals surface area contributed by atoms with Gasteiger partial charge in [-0.3, -0.25) is 0 Å². The Balaban J connectivity index is 1.78. The van der Waals surface area contributed by atoms with Crippen LogP contribution in [-0.4, -0.2) is 55.0 Å². The molecule has 1 aliphatic carbocycles. The zero-order chi connectivity index (χ0) is 15.5. The second-order valence-corrected chi connectivity index (χ2v) is 7.25. The average Bonchev–Trinajstić information content (AvgIpc) is 3.03. The van der Waals surface area contributed by atoms with E-state index < -0.39 is 5.60 Å². The van der Waals surface area contributed by atoms with Gasteiger partial charge in [0.15, 0.2) is 0 Å². The van der Waals surface area contributed by atoms with Gasteiger partial charge in [0.25, 0.3) is 0 Å². The molecule has 3 unspecified atom stereocenters. The molecule has 0 aromatic heterocycles. The van der Waals surface area contributed by atoms with Crippen LogP contribution in [0.5, 0.6) is 0 Å². The molecule has 1 aliphatic heterocycles. The first-order chi connectivity index (χ1) is 9.89. The molecule has 1 saturated heterocycles. The lowest BCUT2D eigenvalue weighted by Crippen LogP contribution is -2.45. The summed E-state index contributed by atoms with van der Waals surface area (Å²) in [6.07, 6.45) is 5.73. The van der Waals surface area contributed by atoms with Crippen LogP contribution in [0, 0.1) is 0 Å². The highest BCUT2D eigenvalue weighted by Crippen LogP contribution is 2.23. The minimum atomic E-state index is -0.422. The number of nitrogens with zero attached hydrogens (tertiary/aromatic N) is 1. The number of rotatable bonds is 4. The second kappa shape index (κ2) is 6.97.